The van der Waals surface area contributed by atoms with E-state index in [2.05, 4.69) is 22.4 Å². The summed E-state index contributed by atoms with van der Waals surface area (Å²) in [6.07, 6.45) is 2.23. The highest BCUT2D eigenvalue weighted by Gasteiger charge is 2.34. The molecule has 0 amide bonds. The number of aryl methyl sites for hydroxylation is 1. The Morgan fingerprint density at radius 2 is 2.28 bits per heavy atom. The highest BCUT2D eigenvalue weighted by molar-refractivity contribution is 7.89. The Bertz CT molecular complexity index is 511. The van der Waals surface area contributed by atoms with E-state index in [1.165, 1.54) is 6.20 Å². The smallest absolute Gasteiger partial charge is 0.246 e. The number of piperidine rings is 1. The minimum atomic E-state index is -3.40. The third kappa shape index (κ3) is 2.30. The fraction of sp³-hybridized carbons (Fsp3) is 0.727. The van der Waals surface area contributed by atoms with Crippen molar-refractivity contribution in [2.24, 2.45) is 5.92 Å². The van der Waals surface area contributed by atoms with Crippen LogP contribution < -0.4 is 5.32 Å². The molecule has 18 heavy (non-hydrogen) atoms. The largest absolute Gasteiger partial charge is 0.317 e. The van der Waals surface area contributed by atoms with E-state index in [0.717, 1.165) is 6.42 Å². The van der Waals surface area contributed by atoms with Crippen LogP contribution in [0.1, 0.15) is 19.0 Å². The molecule has 0 aromatic carbocycles. The Morgan fingerprint density at radius 1 is 1.56 bits per heavy atom. The van der Waals surface area contributed by atoms with Crippen molar-refractivity contribution < 1.29 is 8.42 Å². The minimum absolute atomic E-state index is 0.289. The van der Waals surface area contributed by atoms with Crippen molar-refractivity contribution in [2.45, 2.75) is 31.2 Å². The van der Waals surface area contributed by atoms with Gasteiger partial charge in [0.25, 0.3) is 0 Å². The van der Waals surface area contributed by atoms with Gasteiger partial charge in [-0.1, -0.05) is 6.92 Å². The van der Waals surface area contributed by atoms with Crippen LogP contribution >= 0.6 is 0 Å². The van der Waals surface area contributed by atoms with E-state index < -0.39 is 10.0 Å². The molecular weight excluding hydrogens is 252 g/mol. The fourth-order valence-corrected chi connectivity index (χ4v) is 4.17. The molecule has 0 spiro atoms. The second kappa shape index (κ2) is 4.99. The molecule has 1 aliphatic rings. The van der Waals surface area contributed by atoms with Crippen LogP contribution in [0.5, 0.6) is 0 Å². The molecule has 0 bridgehead atoms. The maximum Gasteiger partial charge on any atom is 0.246 e. The third-order valence-electron chi connectivity index (χ3n) is 3.64. The maximum atomic E-state index is 12.5. The molecule has 0 radical (unpaired) electrons. The van der Waals surface area contributed by atoms with E-state index in [-0.39, 0.29) is 4.90 Å². The molecule has 102 valence electrons. The zero-order valence-corrected chi connectivity index (χ0v) is 11.8. The summed E-state index contributed by atoms with van der Waals surface area (Å²) in [5, 5.41) is 9.70. The normalized spacial score (nSPS) is 26.4. The molecule has 2 heterocycles. The topological polar surface area (TPSA) is 78.1 Å². The van der Waals surface area contributed by atoms with Crippen LogP contribution in [0, 0.1) is 12.8 Å². The number of aromatic nitrogens is 2. The van der Waals surface area contributed by atoms with Gasteiger partial charge in [0.15, 0.2) is 0 Å². The first-order chi connectivity index (χ1) is 8.46. The lowest BCUT2D eigenvalue weighted by atomic mass is 9.96. The van der Waals surface area contributed by atoms with Crippen molar-refractivity contribution in [1.82, 2.24) is 19.8 Å². The molecule has 2 rings (SSSR count). The second-order valence-corrected chi connectivity index (χ2v) is 6.79. The molecule has 2 unspecified atom stereocenters. The quantitative estimate of drug-likeness (QED) is 0.831. The monoisotopic (exact) mass is 272 g/mol. The average Bonchev–Trinajstić information content (AvgIpc) is 2.76. The minimum Gasteiger partial charge on any atom is -0.317 e. The Kier molecular flexibility index (Phi) is 3.74. The molecule has 1 aromatic heterocycles. The van der Waals surface area contributed by atoms with Crippen molar-refractivity contribution in [3.8, 4) is 0 Å². The lowest BCUT2D eigenvalue weighted by molar-refractivity contribution is 0.228. The van der Waals surface area contributed by atoms with Gasteiger partial charge in [-0.2, -0.15) is 9.40 Å². The van der Waals surface area contributed by atoms with Crippen LogP contribution in [0.2, 0.25) is 0 Å². The van der Waals surface area contributed by atoms with Gasteiger partial charge in [0.05, 0.1) is 11.9 Å². The second-order valence-electron chi connectivity index (χ2n) is 4.88. The number of rotatable bonds is 3. The lowest BCUT2D eigenvalue weighted by Gasteiger charge is -2.35. The van der Waals surface area contributed by atoms with Crippen LogP contribution in [0.15, 0.2) is 11.1 Å². The van der Waals surface area contributed by atoms with Gasteiger partial charge < -0.3 is 5.32 Å². The Labute approximate surface area is 108 Å². The highest BCUT2D eigenvalue weighted by Crippen LogP contribution is 2.24. The van der Waals surface area contributed by atoms with E-state index >= 15 is 0 Å². The number of aromatic amines is 1. The Balaban J connectivity index is 2.21. The first kappa shape index (κ1) is 13.5. The van der Waals surface area contributed by atoms with E-state index in [9.17, 15) is 8.42 Å². The molecule has 2 N–H and O–H groups in total. The SMILES string of the molecule is CNC1CCN(S(=O)(=O)c2cn[nH]c2C)CC1C. The summed E-state index contributed by atoms with van der Waals surface area (Å²) in [6, 6.07) is 0.391. The fourth-order valence-electron chi connectivity index (χ4n) is 2.49. The van der Waals surface area contributed by atoms with Crippen LogP contribution in [-0.4, -0.2) is 49.1 Å². The van der Waals surface area contributed by atoms with E-state index in [1.54, 1.807) is 11.2 Å². The van der Waals surface area contributed by atoms with Gasteiger partial charge in [-0.05, 0) is 26.3 Å². The summed E-state index contributed by atoms with van der Waals surface area (Å²) in [6.45, 7) is 4.91. The predicted octanol–water partition coefficient (Wildman–Crippen LogP) is 0.337. The van der Waals surface area contributed by atoms with E-state index in [1.807, 2.05) is 7.05 Å². The molecule has 1 aliphatic heterocycles. The summed E-state index contributed by atoms with van der Waals surface area (Å²) < 4.78 is 26.5. The van der Waals surface area contributed by atoms with Crippen LogP contribution in [0.3, 0.4) is 0 Å². The lowest BCUT2D eigenvalue weighted by Crippen LogP contribution is -2.49. The number of nitrogens with zero attached hydrogens (tertiary/aromatic N) is 2. The van der Waals surface area contributed by atoms with Gasteiger partial charge in [-0.15, -0.1) is 0 Å². The van der Waals surface area contributed by atoms with Gasteiger partial charge in [0, 0.05) is 19.1 Å². The van der Waals surface area contributed by atoms with Gasteiger partial charge >= 0.3 is 0 Å². The number of sulfonamides is 1. The van der Waals surface area contributed by atoms with Crippen molar-refractivity contribution >= 4 is 10.0 Å². The highest BCUT2D eigenvalue weighted by atomic mass is 32.2. The molecule has 1 fully saturated rings. The van der Waals surface area contributed by atoms with Crippen LogP contribution in [-0.2, 0) is 10.0 Å². The number of nitrogens with one attached hydrogen (secondary N) is 2. The van der Waals surface area contributed by atoms with E-state index in [4.69, 9.17) is 0 Å². The van der Waals surface area contributed by atoms with Gasteiger partial charge in [0.2, 0.25) is 10.0 Å². The first-order valence-electron chi connectivity index (χ1n) is 6.14. The third-order valence-corrected chi connectivity index (χ3v) is 5.62. The summed E-state index contributed by atoms with van der Waals surface area (Å²) in [5.74, 6) is 0.311. The summed E-state index contributed by atoms with van der Waals surface area (Å²) in [4.78, 5) is 0.289. The molecule has 7 heteroatoms. The molecule has 6 nitrogen and oxygen atoms in total. The van der Waals surface area contributed by atoms with Crippen molar-refractivity contribution in [3.05, 3.63) is 11.9 Å². The number of hydrogen-bond acceptors (Lipinski definition) is 4. The Morgan fingerprint density at radius 3 is 2.78 bits per heavy atom. The van der Waals surface area contributed by atoms with Crippen molar-refractivity contribution in [2.75, 3.05) is 20.1 Å². The molecule has 1 aromatic rings. The van der Waals surface area contributed by atoms with E-state index in [0.29, 0.717) is 30.7 Å². The number of hydrogen-bond donors (Lipinski definition) is 2. The average molecular weight is 272 g/mol. The number of H-pyrrole nitrogens is 1. The zero-order chi connectivity index (χ0) is 13.3. The molecule has 0 saturated carbocycles. The van der Waals surface area contributed by atoms with Crippen LogP contribution in [0.25, 0.3) is 0 Å². The molecule has 0 aliphatic carbocycles. The van der Waals surface area contributed by atoms with Gasteiger partial charge in [-0.25, -0.2) is 8.42 Å². The first-order valence-corrected chi connectivity index (χ1v) is 7.58. The van der Waals surface area contributed by atoms with Crippen LogP contribution in [0.4, 0.5) is 0 Å². The summed E-state index contributed by atoms with van der Waals surface area (Å²) >= 11 is 0. The predicted molar refractivity (Wildman–Crippen MR) is 68.7 cm³/mol. The Hall–Kier alpha value is -0.920. The standard InChI is InChI=1S/C11H20N4O2S/c1-8-7-15(5-4-10(8)12-3)18(16,17)11-6-13-14-9(11)2/h6,8,10,12H,4-5,7H2,1-3H3,(H,13,14). The van der Waals surface area contributed by atoms with Crippen molar-refractivity contribution in [3.63, 3.8) is 0 Å². The van der Waals surface area contributed by atoms with Gasteiger partial charge in [-0.3, -0.25) is 5.10 Å². The van der Waals surface area contributed by atoms with Gasteiger partial charge in [0.1, 0.15) is 4.90 Å². The molecule has 1 saturated heterocycles. The summed E-state index contributed by atoms with van der Waals surface area (Å²) in [7, 11) is -1.48. The zero-order valence-electron chi connectivity index (χ0n) is 11.0. The van der Waals surface area contributed by atoms with Crippen molar-refractivity contribution in [1.29, 1.82) is 0 Å². The molecule has 2 atom stereocenters. The maximum absolute atomic E-state index is 12.5. The summed E-state index contributed by atoms with van der Waals surface area (Å²) in [5.41, 5.74) is 0.596. The molecular formula is C11H20N4O2S.